The van der Waals surface area contributed by atoms with Crippen LogP contribution in [0.2, 0.25) is 0 Å². The van der Waals surface area contributed by atoms with Crippen LogP contribution in [0.3, 0.4) is 0 Å². The highest BCUT2D eigenvalue weighted by Gasteiger charge is 2.18. The summed E-state index contributed by atoms with van der Waals surface area (Å²) in [4.78, 5) is 14.8. The number of halogens is 1. The summed E-state index contributed by atoms with van der Waals surface area (Å²) in [7, 11) is 0. The standard InChI is InChI=1S/C20H22FN3O.C2H6/c1-12-13(2)24-19-16(20(22)25)10-17(21)15(18(12)19)8-4-3-6-14-7-5-9-23-11-14;1-2/h3-4,6-8,10,23-24H,5,9,11H2,1-2H3,(H2,22,25);1-2H3/b6-3-,8-4+;. The van der Waals surface area contributed by atoms with E-state index in [1.807, 2.05) is 45.9 Å². The second kappa shape index (κ2) is 9.33. The fraction of sp³-hybridized carbons (Fsp3) is 0.318. The number of aryl methyl sites for hydroxylation is 2. The van der Waals surface area contributed by atoms with Crippen LogP contribution in [0.5, 0.6) is 0 Å². The van der Waals surface area contributed by atoms with Crippen molar-refractivity contribution in [2.45, 2.75) is 34.1 Å². The SMILES string of the molecule is CC.Cc1[nH]c2c(C(N)=O)cc(F)c(/C=C/C=C\C3=CCCNC3)c2c1C. The van der Waals surface area contributed by atoms with Gasteiger partial charge in [0.2, 0.25) is 0 Å². The van der Waals surface area contributed by atoms with Gasteiger partial charge in [0.1, 0.15) is 5.82 Å². The molecule has 2 heterocycles. The van der Waals surface area contributed by atoms with Crippen molar-refractivity contribution in [1.82, 2.24) is 10.3 Å². The van der Waals surface area contributed by atoms with E-state index >= 15 is 0 Å². The quantitative estimate of drug-likeness (QED) is 0.693. The third-order valence-electron chi connectivity index (χ3n) is 4.57. The highest BCUT2D eigenvalue weighted by Crippen LogP contribution is 2.31. The van der Waals surface area contributed by atoms with Crippen molar-refractivity contribution in [1.29, 1.82) is 0 Å². The number of allylic oxidation sites excluding steroid dienone is 2. The van der Waals surface area contributed by atoms with Gasteiger partial charge in [-0.1, -0.05) is 44.2 Å². The molecule has 0 unspecified atom stereocenters. The molecule has 3 rings (SSSR count). The van der Waals surface area contributed by atoms with Crippen molar-refractivity contribution in [3.05, 3.63) is 64.1 Å². The number of benzene rings is 1. The summed E-state index contributed by atoms with van der Waals surface area (Å²) >= 11 is 0. The molecule has 1 aliphatic rings. The molecule has 1 aromatic carbocycles. The first kappa shape index (κ1) is 20.6. The first-order valence-corrected chi connectivity index (χ1v) is 9.34. The molecule has 5 heteroatoms. The zero-order valence-corrected chi connectivity index (χ0v) is 16.4. The summed E-state index contributed by atoms with van der Waals surface area (Å²) in [6.45, 7) is 9.67. The minimum atomic E-state index is -0.641. The molecule has 2 aromatic rings. The van der Waals surface area contributed by atoms with Crippen molar-refractivity contribution >= 4 is 22.9 Å². The van der Waals surface area contributed by atoms with Gasteiger partial charge in [-0.2, -0.15) is 0 Å². The van der Waals surface area contributed by atoms with Crippen molar-refractivity contribution in [3.63, 3.8) is 0 Å². The number of rotatable bonds is 4. The Morgan fingerprint density at radius 2 is 1.93 bits per heavy atom. The molecule has 0 fully saturated rings. The number of primary amides is 1. The molecule has 0 aliphatic carbocycles. The van der Waals surface area contributed by atoms with E-state index in [-0.39, 0.29) is 5.56 Å². The molecule has 4 N–H and O–H groups in total. The zero-order chi connectivity index (χ0) is 20.0. The van der Waals surface area contributed by atoms with E-state index in [1.54, 1.807) is 6.08 Å². The summed E-state index contributed by atoms with van der Waals surface area (Å²) in [5, 5.41) is 4.01. The second-order valence-electron chi connectivity index (χ2n) is 6.27. The third-order valence-corrected chi connectivity index (χ3v) is 4.57. The van der Waals surface area contributed by atoms with Crippen LogP contribution >= 0.6 is 0 Å². The molecule has 0 saturated heterocycles. The minimum Gasteiger partial charge on any atom is -0.366 e. The number of fused-ring (bicyclic) bond motifs is 1. The molecule has 0 saturated carbocycles. The highest BCUT2D eigenvalue weighted by atomic mass is 19.1. The molecule has 0 atom stereocenters. The predicted octanol–water partition coefficient (Wildman–Crippen LogP) is 4.54. The normalized spacial score (nSPS) is 14.5. The van der Waals surface area contributed by atoms with E-state index in [9.17, 15) is 9.18 Å². The average Bonchev–Trinajstić information content (AvgIpc) is 2.97. The maximum absolute atomic E-state index is 14.6. The van der Waals surface area contributed by atoms with Crippen LogP contribution in [-0.2, 0) is 0 Å². The van der Waals surface area contributed by atoms with Crippen molar-refractivity contribution in [3.8, 4) is 0 Å². The molecule has 1 aliphatic heterocycles. The summed E-state index contributed by atoms with van der Waals surface area (Å²) in [5.41, 5.74) is 9.65. The first-order valence-electron chi connectivity index (χ1n) is 9.34. The van der Waals surface area contributed by atoms with Crippen LogP contribution in [-0.4, -0.2) is 24.0 Å². The largest absolute Gasteiger partial charge is 0.366 e. The maximum atomic E-state index is 14.6. The van der Waals surface area contributed by atoms with Gasteiger partial charge >= 0.3 is 0 Å². The molecule has 144 valence electrons. The summed E-state index contributed by atoms with van der Waals surface area (Å²) in [6, 6.07) is 1.21. The van der Waals surface area contributed by atoms with Crippen LogP contribution in [0, 0.1) is 19.7 Å². The highest BCUT2D eigenvalue weighted by molar-refractivity contribution is 6.08. The number of H-pyrrole nitrogens is 1. The van der Waals surface area contributed by atoms with Crippen molar-refractivity contribution < 1.29 is 9.18 Å². The second-order valence-corrected chi connectivity index (χ2v) is 6.27. The lowest BCUT2D eigenvalue weighted by Crippen LogP contribution is -2.21. The Labute approximate surface area is 160 Å². The summed E-state index contributed by atoms with van der Waals surface area (Å²) in [6.07, 6.45) is 10.7. The number of amides is 1. The average molecular weight is 369 g/mol. The van der Waals surface area contributed by atoms with Crippen LogP contribution in [0.25, 0.3) is 17.0 Å². The van der Waals surface area contributed by atoms with Crippen LogP contribution in [0.15, 0.2) is 35.9 Å². The number of nitrogens with one attached hydrogen (secondary N) is 2. The molecule has 1 aromatic heterocycles. The number of hydrogen-bond acceptors (Lipinski definition) is 2. The van der Waals surface area contributed by atoms with Crippen LogP contribution < -0.4 is 11.1 Å². The molecular weight excluding hydrogens is 341 g/mol. The number of carbonyl (C=O) groups is 1. The Kier molecular flexibility index (Phi) is 7.13. The molecule has 0 spiro atoms. The number of nitrogens with two attached hydrogens (primary N) is 1. The van der Waals surface area contributed by atoms with E-state index in [4.69, 9.17) is 5.73 Å². The number of aromatic nitrogens is 1. The smallest absolute Gasteiger partial charge is 0.250 e. The number of aromatic amines is 1. The van der Waals surface area contributed by atoms with Crippen molar-refractivity contribution in [2.75, 3.05) is 13.1 Å². The molecule has 0 bridgehead atoms. The van der Waals surface area contributed by atoms with E-state index < -0.39 is 11.7 Å². The summed E-state index contributed by atoms with van der Waals surface area (Å²) in [5.74, 6) is -1.09. The molecule has 0 radical (unpaired) electrons. The lowest BCUT2D eigenvalue weighted by molar-refractivity contribution is 0.100. The van der Waals surface area contributed by atoms with Gasteiger partial charge in [-0.3, -0.25) is 4.79 Å². The monoisotopic (exact) mass is 369 g/mol. The molecular formula is C22H28FN3O. The van der Waals surface area contributed by atoms with E-state index in [0.717, 1.165) is 30.8 Å². The lowest BCUT2D eigenvalue weighted by atomic mass is 10.0. The molecule has 27 heavy (non-hydrogen) atoms. The van der Waals surface area contributed by atoms with Crippen molar-refractivity contribution in [2.24, 2.45) is 5.73 Å². The Bertz CT molecular complexity index is 920. The number of hydrogen-bond donors (Lipinski definition) is 3. The first-order chi connectivity index (χ1) is 13.0. The van der Waals surface area contributed by atoms with Gasteiger partial charge in [0.15, 0.2) is 0 Å². The van der Waals surface area contributed by atoms with Gasteiger partial charge < -0.3 is 16.0 Å². The third kappa shape index (κ3) is 4.55. The van der Waals surface area contributed by atoms with Gasteiger partial charge in [0.25, 0.3) is 5.91 Å². The Morgan fingerprint density at radius 1 is 1.22 bits per heavy atom. The topological polar surface area (TPSA) is 70.9 Å². The van der Waals surface area contributed by atoms with Gasteiger partial charge in [-0.05, 0) is 44.0 Å². The van der Waals surface area contributed by atoms with Gasteiger partial charge in [0, 0.05) is 23.2 Å². The fourth-order valence-electron chi connectivity index (χ4n) is 3.13. The Morgan fingerprint density at radius 3 is 2.56 bits per heavy atom. The molecule has 1 amide bonds. The van der Waals surface area contributed by atoms with Gasteiger partial charge in [-0.15, -0.1) is 0 Å². The van der Waals surface area contributed by atoms with E-state index in [1.165, 1.54) is 11.6 Å². The maximum Gasteiger partial charge on any atom is 0.250 e. The zero-order valence-electron chi connectivity index (χ0n) is 16.4. The van der Waals surface area contributed by atoms with E-state index in [0.29, 0.717) is 16.5 Å². The van der Waals surface area contributed by atoms with Crippen LogP contribution in [0.1, 0.15) is 47.4 Å². The Hall–Kier alpha value is -2.66. The lowest BCUT2D eigenvalue weighted by Gasteiger charge is -2.09. The Balaban J connectivity index is 0.00000126. The van der Waals surface area contributed by atoms with Gasteiger partial charge in [-0.25, -0.2) is 4.39 Å². The number of carbonyl (C=O) groups excluding carboxylic acids is 1. The predicted molar refractivity (Wildman–Crippen MR) is 111 cm³/mol. The van der Waals surface area contributed by atoms with E-state index in [2.05, 4.69) is 16.4 Å². The summed E-state index contributed by atoms with van der Waals surface area (Å²) < 4.78 is 14.6. The van der Waals surface area contributed by atoms with Gasteiger partial charge in [0.05, 0.1) is 11.1 Å². The minimum absolute atomic E-state index is 0.176. The fourth-order valence-corrected chi connectivity index (χ4v) is 3.13. The molecule has 4 nitrogen and oxygen atoms in total. The van der Waals surface area contributed by atoms with Crippen LogP contribution in [0.4, 0.5) is 4.39 Å².